The van der Waals surface area contributed by atoms with Crippen LogP contribution in [0, 0.1) is 0 Å². The van der Waals surface area contributed by atoms with Gasteiger partial charge in [0.05, 0.1) is 6.17 Å². The quantitative estimate of drug-likeness (QED) is 0.945. The van der Waals surface area contributed by atoms with Gasteiger partial charge in [-0.15, -0.1) is 0 Å². The molecule has 2 aromatic rings. The molecule has 5 heteroatoms. The lowest BCUT2D eigenvalue weighted by molar-refractivity contribution is 0.127. The lowest BCUT2D eigenvalue weighted by atomic mass is 10.1. The van der Waals surface area contributed by atoms with Gasteiger partial charge in [-0.05, 0) is 64.4 Å². The third-order valence-electron chi connectivity index (χ3n) is 5.14. The van der Waals surface area contributed by atoms with Crippen LogP contribution >= 0.6 is 0 Å². The first-order valence-corrected chi connectivity index (χ1v) is 8.58. The van der Waals surface area contributed by atoms with E-state index in [4.69, 9.17) is 4.98 Å². The van der Waals surface area contributed by atoms with Crippen LogP contribution in [-0.2, 0) is 6.42 Å². The Morgan fingerprint density at radius 2 is 2.23 bits per heavy atom. The highest BCUT2D eigenvalue weighted by atomic mass is 15.3. The van der Waals surface area contributed by atoms with Gasteiger partial charge in [0, 0.05) is 18.7 Å². The molecule has 4 rings (SSSR count). The zero-order valence-corrected chi connectivity index (χ0v) is 13.3. The lowest BCUT2D eigenvalue weighted by Gasteiger charge is -2.34. The predicted octanol–water partition coefficient (Wildman–Crippen LogP) is 2.34. The number of pyridine rings is 1. The monoisotopic (exact) mass is 299 g/mol. The maximum atomic E-state index is 4.92. The SMILES string of the molecule is CN1CCCCC1n1c(CC2CCCN2)nc2cccnc21. The molecule has 0 saturated carbocycles. The van der Waals surface area contributed by atoms with Crippen molar-refractivity contribution in [1.29, 1.82) is 0 Å². The Labute approximate surface area is 131 Å². The van der Waals surface area contributed by atoms with E-state index in [1.807, 2.05) is 12.3 Å². The molecule has 0 amide bonds. The van der Waals surface area contributed by atoms with Crippen LogP contribution in [0.3, 0.4) is 0 Å². The minimum atomic E-state index is 0.407. The number of rotatable bonds is 3. The zero-order chi connectivity index (χ0) is 14.9. The van der Waals surface area contributed by atoms with Crippen molar-refractivity contribution in [2.75, 3.05) is 20.1 Å². The lowest BCUT2D eigenvalue weighted by Crippen LogP contribution is -2.35. The van der Waals surface area contributed by atoms with E-state index in [0.29, 0.717) is 12.2 Å². The molecule has 118 valence electrons. The molecule has 2 unspecified atom stereocenters. The summed E-state index contributed by atoms with van der Waals surface area (Å²) in [6.07, 6.45) is 9.65. The van der Waals surface area contributed by atoms with Crippen molar-refractivity contribution in [1.82, 2.24) is 24.8 Å². The second-order valence-corrected chi connectivity index (χ2v) is 6.70. The van der Waals surface area contributed by atoms with Gasteiger partial charge in [0.2, 0.25) is 0 Å². The predicted molar refractivity (Wildman–Crippen MR) is 87.8 cm³/mol. The smallest absolute Gasteiger partial charge is 0.161 e. The summed E-state index contributed by atoms with van der Waals surface area (Å²) in [7, 11) is 2.23. The summed E-state index contributed by atoms with van der Waals surface area (Å²) in [6, 6.07) is 4.65. The van der Waals surface area contributed by atoms with Gasteiger partial charge < -0.3 is 5.32 Å². The first kappa shape index (κ1) is 14.2. The minimum absolute atomic E-state index is 0.407. The average molecular weight is 299 g/mol. The number of imidazole rings is 1. The third-order valence-corrected chi connectivity index (χ3v) is 5.14. The number of aromatic nitrogens is 3. The fourth-order valence-corrected chi connectivity index (χ4v) is 3.97. The molecule has 2 fully saturated rings. The normalized spacial score (nSPS) is 26.8. The average Bonchev–Trinajstić information content (AvgIpc) is 3.16. The molecule has 1 N–H and O–H groups in total. The maximum Gasteiger partial charge on any atom is 0.161 e. The first-order chi connectivity index (χ1) is 10.8. The molecule has 0 aliphatic carbocycles. The molecular weight excluding hydrogens is 274 g/mol. The standard InChI is InChI=1S/C17H25N5/c1-21-11-3-2-8-16(21)22-15(12-13-6-4-9-18-13)20-14-7-5-10-19-17(14)22/h5,7,10,13,16,18H,2-4,6,8-9,11-12H2,1H3. The van der Waals surface area contributed by atoms with E-state index in [9.17, 15) is 0 Å². The first-order valence-electron chi connectivity index (χ1n) is 8.58. The molecule has 0 spiro atoms. The Morgan fingerprint density at radius 3 is 3.05 bits per heavy atom. The highest BCUT2D eigenvalue weighted by Gasteiger charge is 2.27. The summed E-state index contributed by atoms with van der Waals surface area (Å²) in [5.41, 5.74) is 2.09. The maximum absolute atomic E-state index is 4.92. The van der Waals surface area contributed by atoms with E-state index in [1.54, 1.807) is 0 Å². The van der Waals surface area contributed by atoms with Crippen LogP contribution in [-0.4, -0.2) is 45.6 Å². The van der Waals surface area contributed by atoms with E-state index in [2.05, 4.69) is 32.9 Å². The topological polar surface area (TPSA) is 46.0 Å². The molecule has 2 aliphatic rings. The van der Waals surface area contributed by atoms with Gasteiger partial charge in [-0.3, -0.25) is 9.47 Å². The second-order valence-electron chi connectivity index (χ2n) is 6.70. The molecule has 22 heavy (non-hydrogen) atoms. The molecule has 0 aromatic carbocycles. The summed E-state index contributed by atoms with van der Waals surface area (Å²) < 4.78 is 2.41. The molecule has 0 bridgehead atoms. The van der Waals surface area contributed by atoms with Crippen LogP contribution in [0.15, 0.2) is 18.3 Å². The Hall–Kier alpha value is -1.46. The van der Waals surface area contributed by atoms with Crippen LogP contribution in [0.25, 0.3) is 11.2 Å². The molecule has 2 aliphatic heterocycles. The summed E-state index contributed by atoms with van der Waals surface area (Å²) in [5.74, 6) is 1.20. The van der Waals surface area contributed by atoms with Crippen molar-refractivity contribution in [3.05, 3.63) is 24.2 Å². The van der Waals surface area contributed by atoms with E-state index >= 15 is 0 Å². The van der Waals surface area contributed by atoms with Gasteiger partial charge in [0.15, 0.2) is 5.65 Å². The van der Waals surface area contributed by atoms with E-state index < -0.39 is 0 Å². The van der Waals surface area contributed by atoms with Crippen LogP contribution < -0.4 is 5.32 Å². The summed E-state index contributed by atoms with van der Waals surface area (Å²) in [4.78, 5) is 12.0. The van der Waals surface area contributed by atoms with E-state index in [-0.39, 0.29) is 0 Å². The Bertz CT molecular complexity index is 644. The number of hydrogen-bond acceptors (Lipinski definition) is 4. The van der Waals surface area contributed by atoms with E-state index in [1.165, 1.54) is 37.9 Å². The number of nitrogens with zero attached hydrogens (tertiary/aromatic N) is 4. The van der Waals surface area contributed by atoms with Gasteiger partial charge in [-0.2, -0.15) is 0 Å². The van der Waals surface area contributed by atoms with E-state index in [0.717, 1.165) is 30.7 Å². The fourth-order valence-electron chi connectivity index (χ4n) is 3.97. The van der Waals surface area contributed by atoms with Crippen molar-refractivity contribution in [3.63, 3.8) is 0 Å². The van der Waals surface area contributed by atoms with Crippen molar-refractivity contribution in [2.45, 2.75) is 50.7 Å². The Morgan fingerprint density at radius 1 is 1.27 bits per heavy atom. The number of nitrogens with one attached hydrogen (secondary N) is 1. The largest absolute Gasteiger partial charge is 0.314 e. The van der Waals surface area contributed by atoms with Crippen LogP contribution in [0.1, 0.15) is 44.1 Å². The van der Waals surface area contributed by atoms with Gasteiger partial charge >= 0.3 is 0 Å². The minimum Gasteiger partial charge on any atom is -0.314 e. The second kappa shape index (κ2) is 5.97. The zero-order valence-electron chi connectivity index (χ0n) is 13.3. The van der Waals surface area contributed by atoms with Crippen LogP contribution in [0.5, 0.6) is 0 Å². The van der Waals surface area contributed by atoms with Gasteiger partial charge in [0.1, 0.15) is 11.3 Å². The van der Waals surface area contributed by atoms with Crippen molar-refractivity contribution < 1.29 is 0 Å². The van der Waals surface area contributed by atoms with Crippen LogP contribution in [0.4, 0.5) is 0 Å². The Balaban J connectivity index is 1.75. The number of fused-ring (bicyclic) bond motifs is 1. The molecule has 2 atom stereocenters. The van der Waals surface area contributed by atoms with Crippen LogP contribution in [0.2, 0.25) is 0 Å². The highest BCUT2D eigenvalue weighted by molar-refractivity contribution is 5.71. The highest BCUT2D eigenvalue weighted by Crippen LogP contribution is 2.30. The number of likely N-dealkylation sites (tertiary alicyclic amines) is 1. The summed E-state index contributed by atoms with van der Waals surface area (Å²) >= 11 is 0. The van der Waals surface area contributed by atoms with Gasteiger partial charge in [-0.25, -0.2) is 9.97 Å². The van der Waals surface area contributed by atoms with Gasteiger partial charge in [-0.1, -0.05) is 0 Å². The molecule has 2 aromatic heterocycles. The van der Waals surface area contributed by atoms with Crippen molar-refractivity contribution in [2.24, 2.45) is 0 Å². The molecule has 5 nitrogen and oxygen atoms in total. The number of hydrogen-bond donors (Lipinski definition) is 1. The van der Waals surface area contributed by atoms with Crippen molar-refractivity contribution in [3.8, 4) is 0 Å². The Kier molecular flexibility index (Phi) is 3.84. The van der Waals surface area contributed by atoms with Crippen molar-refractivity contribution >= 4 is 11.2 Å². The molecule has 2 saturated heterocycles. The number of piperidine rings is 1. The fraction of sp³-hybridized carbons (Fsp3) is 0.647. The molecular formula is C17H25N5. The molecule has 4 heterocycles. The summed E-state index contributed by atoms with van der Waals surface area (Å²) in [6.45, 7) is 2.31. The third kappa shape index (κ3) is 2.52. The molecule has 0 radical (unpaired) electrons. The van der Waals surface area contributed by atoms with Gasteiger partial charge in [0.25, 0.3) is 0 Å². The summed E-state index contributed by atoms with van der Waals surface area (Å²) in [5, 5.41) is 3.60.